The molecule has 20 heavy (non-hydrogen) atoms. The summed E-state index contributed by atoms with van der Waals surface area (Å²) < 4.78 is 5.12. The van der Waals surface area contributed by atoms with E-state index in [1.165, 1.54) is 0 Å². The SMILES string of the molecule is CCOC(=O)c1[nH]c(-c2cccs2)cc1-c1ccc[nH]1. The number of H-pyrrole nitrogens is 2. The van der Waals surface area contributed by atoms with Gasteiger partial charge in [0.2, 0.25) is 0 Å². The Morgan fingerprint density at radius 2 is 2.20 bits per heavy atom. The molecule has 0 fully saturated rings. The zero-order valence-electron chi connectivity index (χ0n) is 11.0. The number of hydrogen-bond acceptors (Lipinski definition) is 3. The third kappa shape index (κ3) is 2.28. The van der Waals surface area contributed by atoms with Gasteiger partial charge in [-0.2, -0.15) is 0 Å². The lowest BCUT2D eigenvalue weighted by Crippen LogP contribution is -2.06. The summed E-state index contributed by atoms with van der Waals surface area (Å²) in [4.78, 5) is 19.5. The van der Waals surface area contributed by atoms with Crippen LogP contribution in [0, 0.1) is 0 Å². The van der Waals surface area contributed by atoms with Gasteiger partial charge in [0.15, 0.2) is 0 Å². The highest BCUT2D eigenvalue weighted by molar-refractivity contribution is 7.13. The third-order valence-electron chi connectivity index (χ3n) is 2.97. The van der Waals surface area contributed by atoms with E-state index in [-0.39, 0.29) is 5.97 Å². The Bertz CT molecular complexity index is 696. The molecule has 4 nitrogen and oxygen atoms in total. The number of carbonyl (C=O) groups is 1. The van der Waals surface area contributed by atoms with Gasteiger partial charge in [-0.1, -0.05) is 6.07 Å². The second kappa shape index (κ2) is 5.38. The van der Waals surface area contributed by atoms with Crippen LogP contribution < -0.4 is 0 Å². The van der Waals surface area contributed by atoms with Gasteiger partial charge in [-0.3, -0.25) is 0 Å². The van der Waals surface area contributed by atoms with Gasteiger partial charge >= 0.3 is 5.97 Å². The molecular weight excluding hydrogens is 272 g/mol. The molecule has 0 spiro atoms. The minimum atomic E-state index is -0.333. The Morgan fingerprint density at radius 3 is 2.85 bits per heavy atom. The van der Waals surface area contributed by atoms with Crippen LogP contribution in [0.1, 0.15) is 17.4 Å². The van der Waals surface area contributed by atoms with Crippen molar-refractivity contribution in [2.24, 2.45) is 0 Å². The molecule has 0 amide bonds. The summed E-state index contributed by atoms with van der Waals surface area (Å²) in [7, 11) is 0. The maximum Gasteiger partial charge on any atom is 0.355 e. The Kier molecular flexibility index (Phi) is 3.43. The minimum absolute atomic E-state index is 0.333. The number of nitrogens with one attached hydrogen (secondary N) is 2. The van der Waals surface area contributed by atoms with Crippen LogP contribution in [0.15, 0.2) is 41.9 Å². The van der Waals surface area contributed by atoms with Gasteiger partial charge in [0.25, 0.3) is 0 Å². The number of carbonyl (C=O) groups excluding carboxylic acids is 1. The molecular formula is C15H14N2O2S. The maximum absolute atomic E-state index is 12.1. The van der Waals surface area contributed by atoms with Gasteiger partial charge in [0, 0.05) is 17.5 Å². The fourth-order valence-electron chi connectivity index (χ4n) is 2.09. The van der Waals surface area contributed by atoms with Crippen LogP contribution in [0.3, 0.4) is 0 Å². The number of aromatic amines is 2. The standard InChI is InChI=1S/C15H14N2O2S/c1-2-19-15(18)14-10(11-5-3-7-16-11)9-12(17-14)13-6-4-8-20-13/h3-9,16-17H,2H2,1H3. The van der Waals surface area contributed by atoms with Crippen molar-refractivity contribution < 1.29 is 9.53 Å². The first kappa shape index (κ1) is 12.7. The van der Waals surface area contributed by atoms with E-state index < -0.39 is 0 Å². The zero-order chi connectivity index (χ0) is 13.9. The smallest absolute Gasteiger partial charge is 0.355 e. The number of hydrogen-bond donors (Lipinski definition) is 2. The number of thiophene rings is 1. The lowest BCUT2D eigenvalue weighted by atomic mass is 10.1. The molecule has 102 valence electrons. The Hall–Kier alpha value is -2.27. The quantitative estimate of drug-likeness (QED) is 0.714. The van der Waals surface area contributed by atoms with Crippen molar-refractivity contribution in [1.29, 1.82) is 0 Å². The lowest BCUT2D eigenvalue weighted by Gasteiger charge is -2.02. The second-order valence-electron chi connectivity index (χ2n) is 4.25. The number of aromatic nitrogens is 2. The van der Waals surface area contributed by atoms with E-state index in [2.05, 4.69) is 9.97 Å². The van der Waals surface area contributed by atoms with Crippen molar-refractivity contribution in [3.05, 3.63) is 47.6 Å². The molecule has 0 aliphatic carbocycles. The fourth-order valence-corrected chi connectivity index (χ4v) is 2.79. The van der Waals surface area contributed by atoms with Crippen LogP contribution in [0.2, 0.25) is 0 Å². The fraction of sp³-hybridized carbons (Fsp3) is 0.133. The number of esters is 1. The van der Waals surface area contributed by atoms with Crippen molar-refractivity contribution in [2.45, 2.75) is 6.92 Å². The van der Waals surface area contributed by atoms with Crippen molar-refractivity contribution in [1.82, 2.24) is 9.97 Å². The van der Waals surface area contributed by atoms with E-state index in [1.807, 2.05) is 41.9 Å². The first-order chi connectivity index (χ1) is 9.79. The summed E-state index contributed by atoms with van der Waals surface area (Å²) in [5.74, 6) is -0.333. The summed E-state index contributed by atoms with van der Waals surface area (Å²) in [6, 6.07) is 9.82. The van der Waals surface area contributed by atoms with Crippen molar-refractivity contribution >= 4 is 17.3 Å². The normalized spacial score (nSPS) is 10.7. The van der Waals surface area contributed by atoms with Crippen molar-refractivity contribution in [3.8, 4) is 21.8 Å². The van der Waals surface area contributed by atoms with Gasteiger partial charge < -0.3 is 14.7 Å². The molecule has 3 heterocycles. The average molecular weight is 286 g/mol. The van der Waals surface area contributed by atoms with E-state index in [4.69, 9.17) is 4.74 Å². The molecule has 3 aromatic heterocycles. The first-order valence-corrected chi connectivity index (χ1v) is 7.25. The molecule has 0 unspecified atom stereocenters. The zero-order valence-corrected chi connectivity index (χ0v) is 11.8. The van der Waals surface area contributed by atoms with Crippen LogP contribution in [-0.2, 0) is 4.74 Å². The molecule has 0 aliphatic rings. The predicted molar refractivity (Wildman–Crippen MR) is 79.8 cm³/mol. The lowest BCUT2D eigenvalue weighted by molar-refractivity contribution is 0.0521. The molecule has 0 radical (unpaired) electrons. The summed E-state index contributed by atoms with van der Waals surface area (Å²) in [6.07, 6.45) is 1.84. The third-order valence-corrected chi connectivity index (χ3v) is 3.88. The highest BCUT2D eigenvalue weighted by Crippen LogP contribution is 2.31. The van der Waals surface area contributed by atoms with E-state index in [9.17, 15) is 4.79 Å². The highest BCUT2D eigenvalue weighted by atomic mass is 32.1. The maximum atomic E-state index is 12.1. The van der Waals surface area contributed by atoms with E-state index in [0.717, 1.165) is 21.8 Å². The molecule has 0 saturated heterocycles. The number of rotatable bonds is 4. The highest BCUT2D eigenvalue weighted by Gasteiger charge is 2.19. The van der Waals surface area contributed by atoms with E-state index >= 15 is 0 Å². The molecule has 0 saturated carbocycles. The Balaban J connectivity index is 2.09. The average Bonchev–Trinajstić information content (AvgIpc) is 3.19. The monoisotopic (exact) mass is 286 g/mol. The molecule has 0 atom stereocenters. The second-order valence-corrected chi connectivity index (χ2v) is 5.20. The summed E-state index contributed by atoms with van der Waals surface area (Å²) in [6.45, 7) is 2.16. The predicted octanol–water partition coefficient (Wildman–Crippen LogP) is 3.92. The van der Waals surface area contributed by atoms with Crippen LogP contribution in [-0.4, -0.2) is 22.5 Å². The van der Waals surface area contributed by atoms with Gasteiger partial charge in [-0.15, -0.1) is 11.3 Å². The minimum Gasteiger partial charge on any atom is -0.461 e. The summed E-state index contributed by atoms with van der Waals surface area (Å²) in [5.41, 5.74) is 3.13. The van der Waals surface area contributed by atoms with Gasteiger partial charge in [0.05, 0.1) is 17.2 Å². The topological polar surface area (TPSA) is 57.9 Å². The number of ether oxygens (including phenoxy) is 1. The van der Waals surface area contributed by atoms with Crippen LogP contribution in [0.4, 0.5) is 0 Å². The van der Waals surface area contributed by atoms with Crippen LogP contribution in [0.25, 0.3) is 21.8 Å². The largest absolute Gasteiger partial charge is 0.461 e. The van der Waals surface area contributed by atoms with Crippen molar-refractivity contribution in [2.75, 3.05) is 6.61 Å². The molecule has 5 heteroatoms. The van der Waals surface area contributed by atoms with E-state index in [1.54, 1.807) is 18.3 Å². The molecule has 0 bridgehead atoms. The molecule has 0 aromatic carbocycles. The van der Waals surface area contributed by atoms with Crippen LogP contribution >= 0.6 is 11.3 Å². The van der Waals surface area contributed by atoms with Crippen LogP contribution in [0.5, 0.6) is 0 Å². The van der Waals surface area contributed by atoms with Gasteiger partial charge in [0.1, 0.15) is 5.69 Å². The molecule has 3 rings (SSSR count). The molecule has 3 aromatic rings. The molecule has 0 aliphatic heterocycles. The van der Waals surface area contributed by atoms with Gasteiger partial charge in [-0.05, 0) is 36.6 Å². The Morgan fingerprint density at radius 1 is 1.30 bits per heavy atom. The summed E-state index contributed by atoms with van der Waals surface area (Å²) >= 11 is 1.63. The molecule has 2 N–H and O–H groups in total. The van der Waals surface area contributed by atoms with E-state index in [0.29, 0.717) is 12.3 Å². The van der Waals surface area contributed by atoms with Crippen molar-refractivity contribution in [3.63, 3.8) is 0 Å². The first-order valence-electron chi connectivity index (χ1n) is 6.37. The Labute approximate surface area is 120 Å². The van der Waals surface area contributed by atoms with Gasteiger partial charge in [-0.25, -0.2) is 4.79 Å². The summed E-state index contributed by atoms with van der Waals surface area (Å²) in [5, 5.41) is 2.01.